The summed E-state index contributed by atoms with van der Waals surface area (Å²) >= 11 is 0. The summed E-state index contributed by atoms with van der Waals surface area (Å²) < 4.78 is 38.8. The van der Waals surface area contributed by atoms with Crippen molar-refractivity contribution in [3.63, 3.8) is 0 Å². The number of rotatable bonds is 3. The van der Waals surface area contributed by atoms with Crippen LogP contribution in [-0.2, 0) is 11.0 Å². The van der Waals surface area contributed by atoms with Gasteiger partial charge in [-0.2, -0.15) is 13.2 Å². The quantitative estimate of drug-likeness (QED) is 0.716. The van der Waals surface area contributed by atoms with Gasteiger partial charge in [-0.15, -0.1) is 0 Å². The summed E-state index contributed by atoms with van der Waals surface area (Å²) in [6.07, 6.45) is -2.16. The third-order valence-electron chi connectivity index (χ3n) is 5.82. The summed E-state index contributed by atoms with van der Waals surface area (Å²) in [5.74, 6) is 0.454. The van der Waals surface area contributed by atoms with E-state index in [1.54, 1.807) is 6.07 Å². The molecule has 1 aliphatic heterocycles. The third-order valence-corrected chi connectivity index (χ3v) is 5.82. The van der Waals surface area contributed by atoms with E-state index in [2.05, 4.69) is 19.9 Å². The normalized spacial score (nSPS) is 24.6. The molecule has 0 unspecified atom stereocenters. The molecule has 2 atom stereocenters. The van der Waals surface area contributed by atoms with E-state index in [1.165, 1.54) is 17.7 Å². The molecule has 1 aromatic carbocycles. The topological polar surface area (TPSA) is 23.6 Å². The van der Waals surface area contributed by atoms with Crippen LogP contribution in [0.5, 0.6) is 0 Å². The summed E-state index contributed by atoms with van der Waals surface area (Å²) in [6.45, 7) is 10.5. The Morgan fingerprint density at radius 1 is 1.15 bits per heavy atom. The fourth-order valence-corrected chi connectivity index (χ4v) is 4.08. The van der Waals surface area contributed by atoms with E-state index in [1.807, 2.05) is 23.6 Å². The second-order valence-electron chi connectivity index (χ2n) is 8.43. The smallest absolute Gasteiger partial charge is 0.368 e. The SMILES string of the molecule is CC(C)=C[C@@H]1[C@@H](C(=O)N2CCN(c3cccc(C(F)(F)F)c3)CC2)C1(C)C. The van der Waals surface area contributed by atoms with Crippen molar-refractivity contribution in [1.82, 2.24) is 4.90 Å². The van der Waals surface area contributed by atoms with Crippen molar-refractivity contribution >= 4 is 11.6 Å². The van der Waals surface area contributed by atoms with Gasteiger partial charge in [0, 0.05) is 31.9 Å². The number of hydrogen-bond donors (Lipinski definition) is 0. The van der Waals surface area contributed by atoms with Gasteiger partial charge in [-0.05, 0) is 43.4 Å². The molecule has 2 aliphatic rings. The summed E-state index contributed by atoms with van der Waals surface area (Å²) in [5.41, 5.74) is 1.12. The number of anilines is 1. The molecule has 0 bridgehead atoms. The van der Waals surface area contributed by atoms with Crippen LogP contribution in [0.15, 0.2) is 35.9 Å². The highest BCUT2D eigenvalue weighted by Crippen LogP contribution is 2.60. The first-order valence-electron chi connectivity index (χ1n) is 9.38. The molecule has 1 amide bonds. The molecule has 1 aromatic rings. The maximum absolute atomic E-state index is 12.9. The maximum Gasteiger partial charge on any atom is 0.416 e. The number of alkyl halides is 3. The minimum Gasteiger partial charge on any atom is -0.368 e. The van der Waals surface area contributed by atoms with E-state index in [9.17, 15) is 18.0 Å². The average Bonchev–Trinajstić information content (AvgIpc) is 3.13. The van der Waals surface area contributed by atoms with Crippen molar-refractivity contribution in [2.45, 2.75) is 33.9 Å². The van der Waals surface area contributed by atoms with Gasteiger partial charge in [0.2, 0.25) is 5.91 Å². The fourth-order valence-electron chi connectivity index (χ4n) is 4.08. The van der Waals surface area contributed by atoms with E-state index in [0.29, 0.717) is 31.9 Å². The Kier molecular flexibility index (Phi) is 5.04. The second kappa shape index (κ2) is 6.88. The first kappa shape index (κ1) is 19.8. The lowest BCUT2D eigenvalue weighted by Crippen LogP contribution is -2.49. The van der Waals surface area contributed by atoms with Crippen molar-refractivity contribution in [2.24, 2.45) is 17.3 Å². The van der Waals surface area contributed by atoms with Crippen LogP contribution in [0.2, 0.25) is 0 Å². The van der Waals surface area contributed by atoms with Gasteiger partial charge in [0.05, 0.1) is 11.5 Å². The van der Waals surface area contributed by atoms with Gasteiger partial charge in [-0.1, -0.05) is 31.6 Å². The molecule has 1 saturated heterocycles. The summed E-state index contributed by atoms with van der Waals surface area (Å²) in [5, 5.41) is 0. The number of allylic oxidation sites excluding steroid dienone is 2. The zero-order valence-electron chi connectivity index (χ0n) is 16.3. The van der Waals surface area contributed by atoms with Crippen LogP contribution in [0, 0.1) is 17.3 Å². The molecule has 27 heavy (non-hydrogen) atoms. The Morgan fingerprint density at radius 3 is 2.33 bits per heavy atom. The first-order valence-corrected chi connectivity index (χ1v) is 9.38. The van der Waals surface area contributed by atoms with Crippen LogP contribution in [0.3, 0.4) is 0 Å². The van der Waals surface area contributed by atoms with Crippen LogP contribution in [0.1, 0.15) is 33.3 Å². The number of hydrogen-bond acceptors (Lipinski definition) is 2. The van der Waals surface area contributed by atoms with Crippen LogP contribution in [0.4, 0.5) is 18.9 Å². The van der Waals surface area contributed by atoms with E-state index >= 15 is 0 Å². The lowest BCUT2D eigenvalue weighted by Gasteiger charge is -2.36. The van der Waals surface area contributed by atoms with Crippen LogP contribution < -0.4 is 4.90 Å². The molecule has 6 heteroatoms. The Balaban J connectivity index is 1.63. The fraction of sp³-hybridized carbons (Fsp3) is 0.571. The Labute approximate surface area is 158 Å². The van der Waals surface area contributed by atoms with Crippen molar-refractivity contribution in [1.29, 1.82) is 0 Å². The third kappa shape index (κ3) is 3.99. The minimum absolute atomic E-state index is 0.00695. The molecular weight excluding hydrogens is 353 g/mol. The largest absolute Gasteiger partial charge is 0.416 e. The zero-order chi connectivity index (χ0) is 20.0. The molecule has 3 nitrogen and oxygen atoms in total. The van der Waals surface area contributed by atoms with Gasteiger partial charge in [0.15, 0.2) is 0 Å². The minimum atomic E-state index is -4.34. The van der Waals surface area contributed by atoms with Crippen molar-refractivity contribution < 1.29 is 18.0 Å². The highest BCUT2D eigenvalue weighted by Gasteiger charge is 2.61. The van der Waals surface area contributed by atoms with Gasteiger partial charge >= 0.3 is 6.18 Å². The van der Waals surface area contributed by atoms with Crippen LogP contribution >= 0.6 is 0 Å². The number of carbonyl (C=O) groups excluding carboxylic acids is 1. The standard InChI is InChI=1S/C21H27F3N2O/c1-14(2)12-17-18(20(17,3)4)19(27)26-10-8-25(9-11-26)16-7-5-6-15(13-16)21(22,23)24/h5-7,12-13,17-18H,8-11H2,1-4H3/t17-,18+/m1/s1. The monoisotopic (exact) mass is 380 g/mol. The average molecular weight is 380 g/mol. The van der Waals surface area contributed by atoms with Gasteiger partial charge in [-0.3, -0.25) is 4.79 Å². The number of carbonyl (C=O) groups is 1. The molecule has 0 radical (unpaired) electrons. The second-order valence-corrected chi connectivity index (χ2v) is 8.43. The van der Waals surface area contributed by atoms with Crippen molar-refractivity contribution in [3.8, 4) is 0 Å². The van der Waals surface area contributed by atoms with Crippen molar-refractivity contribution in [3.05, 3.63) is 41.5 Å². The predicted molar refractivity (Wildman–Crippen MR) is 100 cm³/mol. The molecular formula is C21H27F3N2O. The molecule has 0 spiro atoms. The van der Waals surface area contributed by atoms with Crippen LogP contribution in [-0.4, -0.2) is 37.0 Å². The van der Waals surface area contributed by atoms with Gasteiger partial charge in [0.25, 0.3) is 0 Å². The van der Waals surface area contributed by atoms with Gasteiger partial charge in [0.1, 0.15) is 0 Å². The molecule has 148 valence electrons. The Morgan fingerprint density at radius 2 is 1.78 bits per heavy atom. The maximum atomic E-state index is 12.9. The highest BCUT2D eigenvalue weighted by molar-refractivity contribution is 5.84. The molecule has 2 fully saturated rings. The lowest BCUT2D eigenvalue weighted by atomic mass is 10.1. The predicted octanol–water partition coefficient (Wildman–Crippen LogP) is 4.59. The van der Waals surface area contributed by atoms with E-state index < -0.39 is 11.7 Å². The van der Waals surface area contributed by atoms with E-state index in [0.717, 1.165) is 6.07 Å². The molecule has 1 saturated carbocycles. The van der Waals surface area contributed by atoms with E-state index in [4.69, 9.17) is 0 Å². The summed E-state index contributed by atoms with van der Waals surface area (Å²) in [7, 11) is 0. The van der Waals surface area contributed by atoms with Gasteiger partial charge in [-0.25, -0.2) is 0 Å². The first-order chi connectivity index (χ1) is 12.5. The molecule has 1 aliphatic carbocycles. The lowest BCUT2D eigenvalue weighted by molar-refractivity contribution is -0.137. The number of benzene rings is 1. The zero-order valence-corrected chi connectivity index (χ0v) is 16.3. The number of nitrogens with zero attached hydrogens (tertiary/aromatic N) is 2. The number of piperazine rings is 1. The molecule has 0 aromatic heterocycles. The van der Waals surface area contributed by atoms with E-state index in [-0.39, 0.29) is 23.2 Å². The Bertz CT molecular complexity index is 742. The van der Waals surface area contributed by atoms with Crippen molar-refractivity contribution in [2.75, 3.05) is 31.1 Å². The summed E-state index contributed by atoms with van der Waals surface area (Å²) in [4.78, 5) is 16.7. The molecule has 1 heterocycles. The molecule has 3 rings (SSSR count). The highest BCUT2D eigenvalue weighted by atomic mass is 19.4. The number of halogens is 3. The summed E-state index contributed by atoms with van der Waals surface area (Å²) in [6, 6.07) is 5.40. The van der Waals surface area contributed by atoms with Crippen LogP contribution in [0.25, 0.3) is 0 Å². The number of amides is 1. The molecule has 0 N–H and O–H groups in total. The van der Waals surface area contributed by atoms with Gasteiger partial charge < -0.3 is 9.80 Å². The Hall–Kier alpha value is -1.98.